The van der Waals surface area contributed by atoms with Crippen molar-refractivity contribution < 1.29 is 0 Å². The second-order valence-electron chi connectivity index (χ2n) is 24.2. The van der Waals surface area contributed by atoms with Crippen LogP contribution in [-0.2, 0) is 0 Å². The fourth-order valence-corrected chi connectivity index (χ4v) is 125. The van der Waals surface area contributed by atoms with Gasteiger partial charge in [0.15, 0.2) is 0 Å². The minimum absolute atomic E-state index is 0.681. The Morgan fingerprint density at radius 3 is 1.20 bits per heavy atom. The quantitative estimate of drug-likeness (QED) is 0.146. The summed E-state index contributed by atoms with van der Waals surface area (Å²) in [5.41, 5.74) is 8.47. The van der Waals surface area contributed by atoms with Crippen molar-refractivity contribution in [3.8, 4) is 0 Å². The van der Waals surface area contributed by atoms with Gasteiger partial charge in [0.25, 0.3) is 0 Å². The van der Waals surface area contributed by atoms with Crippen LogP contribution in [0.4, 0.5) is 5.69 Å². The van der Waals surface area contributed by atoms with E-state index < -0.39 is 77.7 Å². The zero-order valence-electron chi connectivity index (χ0n) is 36.9. The third-order valence-electron chi connectivity index (χ3n) is 11.4. The topological polar surface area (TPSA) is 12.4 Å². The molecule has 0 saturated carbocycles. The molecule has 3 aliphatic heterocycles. The van der Waals surface area contributed by atoms with Crippen LogP contribution in [-0.4, -0.2) is 89.0 Å². The second kappa shape index (κ2) is 14.9. The minimum atomic E-state index is -3.42. The van der Waals surface area contributed by atoms with Gasteiger partial charge in [-0.2, -0.15) is 0 Å². The maximum absolute atomic E-state index is 5.59. The first kappa shape index (κ1) is 45.0. The molecule has 3 saturated heterocycles. The third kappa shape index (κ3) is 9.52. The van der Waals surface area contributed by atoms with Crippen LogP contribution in [0.5, 0.6) is 0 Å². The predicted molar refractivity (Wildman–Crippen MR) is 265 cm³/mol. The van der Waals surface area contributed by atoms with Gasteiger partial charge in [-0.3, -0.25) is 0 Å². The molecule has 0 aliphatic carbocycles. The van der Waals surface area contributed by atoms with E-state index in [0.717, 1.165) is 15.5 Å². The molecular formula is C40H77NPbS2Si7. The summed E-state index contributed by atoms with van der Waals surface area (Å²) in [6.45, 7) is 57.3. The molecule has 2 bridgehead atoms. The molecular weight excluding hydrogens is 962 g/mol. The monoisotopic (exact) mass is 1040 g/mol. The molecule has 1 nitrogen and oxygen atoms in total. The van der Waals surface area contributed by atoms with Gasteiger partial charge in [0, 0.05) is 0 Å². The number of benzene rings is 2. The first-order valence-corrected chi connectivity index (χ1v) is 56.5. The van der Waals surface area contributed by atoms with Gasteiger partial charge in [0.05, 0.1) is 0 Å². The van der Waals surface area contributed by atoms with Crippen LogP contribution in [0.1, 0.15) is 32.2 Å². The van der Waals surface area contributed by atoms with E-state index in [0.29, 0.717) is 5.62 Å². The first-order valence-electron chi connectivity index (χ1n) is 19.9. The summed E-state index contributed by atoms with van der Waals surface area (Å²) in [5, 5.41) is 2.31. The number of hydrogen-bond acceptors (Lipinski definition) is 3. The van der Waals surface area contributed by atoms with E-state index in [-0.39, 0.29) is 0 Å². The van der Waals surface area contributed by atoms with Crippen LogP contribution < -0.4 is 3.12 Å². The predicted octanol–water partition coefficient (Wildman–Crippen LogP) is 13.7. The van der Waals surface area contributed by atoms with Crippen molar-refractivity contribution in [1.29, 1.82) is 0 Å². The van der Waals surface area contributed by atoms with Gasteiger partial charge < -0.3 is 0 Å². The third-order valence-corrected chi connectivity index (χ3v) is 92.1. The molecule has 2 atom stereocenters. The van der Waals surface area contributed by atoms with E-state index >= 15 is 0 Å². The first-order chi connectivity index (χ1) is 22.7. The summed E-state index contributed by atoms with van der Waals surface area (Å²) < 4.78 is 5.06. The number of fused-ring (bicyclic) bond motifs is 1. The molecule has 0 radical (unpaired) electrons. The number of aliphatic imine (C=N–C) groups is 1. The Hall–Kier alpha value is 1.25. The Bertz CT molecular complexity index is 1490. The van der Waals surface area contributed by atoms with E-state index in [2.05, 4.69) is 205 Å². The summed E-state index contributed by atoms with van der Waals surface area (Å²) in [6.07, 6.45) is 0. The molecule has 0 aromatic heterocycles. The normalized spacial score (nSPS) is 22.3. The average Bonchev–Trinajstić information content (AvgIpc) is 3.44. The Morgan fingerprint density at radius 1 is 0.529 bits per heavy atom. The maximum atomic E-state index is 5.59. The van der Waals surface area contributed by atoms with Gasteiger partial charge in [-0.25, -0.2) is 0 Å². The van der Waals surface area contributed by atoms with E-state index in [4.69, 9.17) is 4.99 Å². The second-order valence-corrected chi connectivity index (χ2v) is 87.6. The molecule has 0 spiro atoms. The van der Waals surface area contributed by atoms with Crippen molar-refractivity contribution in [1.82, 2.24) is 0 Å². The molecule has 2 unspecified atom stereocenters. The van der Waals surface area contributed by atoms with Crippen LogP contribution in [0.2, 0.25) is 141 Å². The van der Waals surface area contributed by atoms with Crippen LogP contribution in [0.25, 0.3) is 0 Å². The molecule has 3 heterocycles. The fraction of sp³-hybridized carbons (Fsp3) is 0.675. The molecule has 11 heteroatoms. The summed E-state index contributed by atoms with van der Waals surface area (Å²) >= 11 is -3.42. The summed E-state index contributed by atoms with van der Waals surface area (Å²) in [6, 6.07) is 17.0. The zero-order valence-corrected chi connectivity index (χ0v) is 49.4. The SMILES string of the molecule is C[Si](C)(C)[CH2][Pb]1([c]2c(C([Si](C)(C)C)[Si](C)(C)C)cc(C([Si](C)(C)C)[Si](C)(C)C)cc2C([Si](C)(C)C)[Si](C)(C)C)[CH]2SS[CH]1C2=Nc1ccccc1. The van der Waals surface area contributed by atoms with Crippen LogP contribution >= 0.6 is 21.6 Å². The van der Waals surface area contributed by atoms with Gasteiger partial charge >= 0.3 is 340 Å². The molecule has 0 amide bonds. The van der Waals surface area contributed by atoms with Gasteiger partial charge in [-0.05, 0) is 0 Å². The van der Waals surface area contributed by atoms with Gasteiger partial charge in [-0.1, -0.05) is 0 Å². The fourth-order valence-electron chi connectivity index (χ4n) is 11.9. The molecule has 5 rings (SSSR count). The molecule has 51 heavy (non-hydrogen) atoms. The Labute approximate surface area is 336 Å². The van der Waals surface area contributed by atoms with Gasteiger partial charge in [0.1, 0.15) is 0 Å². The van der Waals surface area contributed by atoms with Crippen molar-refractivity contribution in [2.45, 2.75) is 162 Å². The number of nitrogens with zero attached hydrogens (tertiary/aromatic N) is 1. The molecule has 286 valence electrons. The molecule has 0 N–H and O–H groups in total. The van der Waals surface area contributed by atoms with E-state index in [1.807, 2.05) is 11.1 Å². The summed E-state index contributed by atoms with van der Waals surface area (Å²) in [7, 11) is -6.32. The van der Waals surface area contributed by atoms with Crippen LogP contribution in [0.3, 0.4) is 0 Å². The van der Waals surface area contributed by atoms with Crippen LogP contribution in [0, 0.1) is 0 Å². The summed E-state index contributed by atoms with van der Waals surface area (Å²) in [5.74, 6) is 0. The van der Waals surface area contributed by atoms with E-state index in [1.54, 1.807) is 14.9 Å². The molecule has 2 aromatic rings. The van der Waals surface area contributed by atoms with E-state index in [1.165, 1.54) is 5.69 Å². The van der Waals surface area contributed by atoms with Gasteiger partial charge in [0.2, 0.25) is 0 Å². The Balaban J connectivity index is 2.32. The van der Waals surface area contributed by atoms with E-state index in [9.17, 15) is 0 Å². The average molecular weight is 1040 g/mol. The van der Waals surface area contributed by atoms with Crippen molar-refractivity contribution in [2.24, 2.45) is 4.99 Å². The molecule has 2 aromatic carbocycles. The zero-order chi connectivity index (χ0) is 39.1. The van der Waals surface area contributed by atoms with Crippen LogP contribution in [0.15, 0.2) is 47.5 Å². The Kier molecular flexibility index (Phi) is 13.1. The van der Waals surface area contributed by atoms with Crippen molar-refractivity contribution in [2.75, 3.05) is 0 Å². The molecule has 3 fully saturated rings. The van der Waals surface area contributed by atoms with Crippen molar-refractivity contribution >= 4 is 114 Å². The number of rotatable bonds is 13. The van der Waals surface area contributed by atoms with Crippen molar-refractivity contribution in [3.05, 3.63) is 59.2 Å². The standard InChI is InChI=1S/C27H59Si6.C9H7NS2.C4H11Si.Pb/c1-28(2,3)25(29(4,5)6)22-19-23(26(30(7,8)9)31(10,11)12)21-24(20-22)27(32(13,14)15)33(16,17)18;1-2-4-8(5-3-1)10-9-6-11-12-7-9;1-5(2,3)4;/h19-20,25-27H,1-18H3;1-7H;1H2,2-4H3;. The Morgan fingerprint density at radius 2 is 0.882 bits per heavy atom. The number of hydrogen-bond donors (Lipinski definition) is 0. The van der Waals surface area contributed by atoms with Crippen molar-refractivity contribution in [3.63, 3.8) is 0 Å². The number of para-hydroxylation sites is 1. The van der Waals surface area contributed by atoms with Gasteiger partial charge in [-0.15, -0.1) is 0 Å². The summed E-state index contributed by atoms with van der Waals surface area (Å²) in [4.78, 5) is 5.59. The molecule has 3 aliphatic rings.